The Balaban J connectivity index is 1.36. The molecule has 28 heavy (non-hydrogen) atoms. The molecule has 2 heterocycles. The number of aryl methyl sites for hydroxylation is 1. The van der Waals surface area contributed by atoms with Crippen molar-refractivity contribution >= 4 is 28.8 Å². The Kier molecular flexibility index (Phi) is 5.34. The first-order valence-electron chi connectivity index (χ1n) is 8.76. The first kappa shape index (κ1) is 18.2. The molecule has 4 rings (SSSR count). The van der Waals surface area contributed by atoms with Crippen molar-refractivity contribution in [3.63, 3.8) is 0 Å². The first-order valence-corrected chi connectivity index (χ1v) is 9.74. The lowest BCUT2D eigenvalue weighted by Crippen LogP contribution is -2.25. The molecular formula is C19H18N6O2S. The number of carbonyl (C=O) groups is 1. The van der Waals surface area contributed by atoms with E-state index in [0.717, 1.165) is 5.56 Å². The number of aromatic nitrogens is 5. The van der Waals surface area contributed by atoms with Gasteiger partial charge >= 0.3 is 0 Å². The number of hydrogen-bond donors (Lipinski definition) is 1. The van der Waals surface area contributed by atoms with E-state index in [1.54, 1.807) is 29.9 Å². The fourth-order valence-corrected chi connectivity index (χ4v) is 3.42. The Morgan fingerprint density at radius 2 is 2.07 bits per heavy atom. The van der Waals surface area contributed by atoms with Crippen LogP contribution in [0.25, 0.3) is 11.1 Å². The third-order valence-electron chi connectivity index (χ3n) is 4.09. The second kappa shape index (κ2) is 8.22. The highest BCUT2D eigenvalue weighted by Crippen LogP contribution is 2.19. The normalized spacial score (nSPS) is 11.0. The van der Waals surface area contributed by atoms with Crippen LogP contribution < -0.4 is 5.32 Å². The number of rotatable bonds is 7. The average molecular weight is 394 g/mol. The highest BCUT2D eigenvalue weighted by atomic mass is 32.2. The smallest absolute Gasteiger partial charge is 0.251 e. The largest absolute Gasteiger partial charge is 0.440 e. The van der Waals surface area contributed by atoms with Crippen LogP contribution in [-0.2, 0) is 13.5 Å². The van der Waals surface area contributed by atoms with Gasteiger partial charge < -0.3 is 9.73 Å². The molecule has 2 aromatic heterocycles. The summed E-state index contributed by atoms with van der Waals surface area (Å²) in [5.41, 5.74) is 3.03. The number of nitrogens with zero attached hydrogens (tertiary/aromatic N) is 5. The number of oxazole rings is 1. The summed E-state index contributed by atoms with van der Waals surface area (Å²) in [6.45, 7) is 0.506. The van der Waals surface area contributed by atoms with E-state index in [0.29, 0.717) is 46.4 Å². The SMILES string of the molecule is Cn1nnnc1SCCNC(=O)c1ccc2oc(Cc3ccccc3)nc2c1. The Labute approximate surface area is 165 Å². The molecule has 0 saturated heterocycles. The highest BCUT2D eigenvalue weighted by Gasteiger charge is 2.11. The monoisotopic (exact) mass is 394 g/mol. The van der Waals surface area contributed by atoms with Crippen molar-refractivity contribution in [2.45, 2.75) is 11.6 Å². The molecule has 0 saturated carbocycles. The molecule has 0 unspecified atom stereocenters. The van der Waals surface area contributed by atoms with Crippen LogP contribution in [0.4, 0.5) is 0 Å². The number of thioether (sulfide) groups is 1. The Morgan fingerprint density at radius 3 is 2.86 bits per heavy atom. The first-order chi connectivity index (χ1) is 13.7. The van der Waals surface area contributed by atoms with Gasteiger partial charge in [-0.3, -0.25) is 4.79 Å². The lowest BCUT2D eigenvalue weighted by Gasteiger charge is -2.04. The maximum Gasteiger partial charge on any atom is 0.251 e. The molecule has 0 aliphatic heterocycles. The minimum Gasteiger partial charge on any atom is -0.440 e. The molecule has 1 amide bonds. The minimum absolute atomic E-state index is 0.147. The van der Waals surface area contributed by atoms with Crippen LogP contribution in [0.2, 0.25) is 0 Å². The molecule has 0 fully saturated rings. The number of tetrazole rings is 1. The minimum atomic E-state index is -0.147. The van der Waals surface area contributed by atoms with Gasteiger partial charge in [0.25, 0.3) is 5.91 Å². The van der Waals surface area contributed by atoms with E-state index >= 15 is 0 Å². The standard InChI is InChI=1S/C19H18N6O2S/c1-25-19(22-23-24-25)28-10-9-20-18(26)14-7-8-16-15(12-14)21-17(27-16)11-13-5-3-2-4-6-13/h2-8,12H,9-11H2,1H3,(H,20,26). The number of carbonyl (C=O) groups excluding carboxylic acids is 1. The molecule has 0 bridgehead atoms. The Morgan fingerprint density at radius 1 is 1.21 bits per heavy atom. The zero-order chi connectivity index (χ0) is 19.3. The van der Waals surface area contributed by atoms with Gasteiger partial charge in [-0.1, -0.05) is 42.1 Å². The number of benzene rings is 2. The zero-order valence-corrected chi connectivity index (χ0v) is 16.0. The number of nitrogens with one attached hydrogen (secondary N) is 1. The predicted octanol–water partition coefficient (Wildman–Crippen LogP) is 2.46. The summed E-state index contributed by atoms with van der Waals surface area (Å²) >= 11 is 1.48. The van der Waals surface area contributed by atoms with E-state index in [2.05, 4.69) is 25.8 Å². The van der Waals surface area contributed by atoms with Gasteiger partial charge in [0.15, 0.2) is 11.5 Å². The van der Waals surface area contributed by atoms with Gasteiger partial charge in [0.05, 0.1) is 0 Å². The summed E-state index contributed by atoms with van der Waals surface area (Å²) in [4.78, 5) is 16.9. The van der Waals surface area contributed by atoms with Crippen LogP contribution in [-0.4, -0.2) is 43.4 Å². The number of hydrogen-bond acceptors (Lipinski definition) is 7. The lowest BCUT2D eigenvalue weighted by atomic mass is 10.1. The molecule has 8 nitrogen and oxygen atoms in total. The van der Waals surface area contributed by atoms with E-state index in [-0.39, 0.29) is 5.91 Å². The maximum absolute atomic E-state index is 12.4. The zero-order valence-electron chi connectivity index (χ0n) is 15.2. The molecule has 0 aliphatic carbocycles. The summed E-state index contributed by atoms with van der Waals surface area (Å²) in [5.74, 6) is 1.16. The van der Waals surface area contributed by atoms with Crippen molar-refractivity contribution in [3.05, 3.63) is 65.5 Å². The van der Waals surface area contributed by atoms with E-state index in [4.69, 9.17) is 4.42 Å². The quantitative estimate of drug-likeness (QED) is 0.380. The van der Waals surface area contributed by atoms with Gasteiger partial charge in [-0.15, -0.1) is 5.10 Å². The summed E-state index contributed by atoms with van der Waals surface area (Å²) in [6, 6.07) is 15.3. The van der Waals surface area contributed by atoms with Gasteiger partial charge in [-0.25, -0.2) is 9.67 Å². The molecule has 142 valence electrons. The van der Waals surface area contributed by atoms with Crippen molar-refractivity contribution in [3.8, 4) is 0 Å². The summed E-state index contributed by atoms with van der Waals surface area (Å²) in [6.07, 6.45) is 0.616. The van der Waals surface area contributed by atoms with Crippen LogP contribution in [0.3, 0.4) is 0 Å². The average Bonchev–Trinajstić information content (AvgIpc) is 3.30. The van der Waals surface area contributed by atoms with Crippen molar-refractivity contribution in [2.24, 2.45) is 7.05 Å². The van der Waals surface area contributed by atoms with Gasteiger partial charge in [0.2, 0.25) is 5.16 Å². The van der Waals surface area contributed by atoms with E-state index in [9.17, 15) is 4.79 Å². The van der Waals surface area contributed by atoms with Crippen molar-refractivity contribution in [1.29, 1.82) is 0 Å². The van der Waals surface area contributed by atoms with Gasteiger partial charge in [-0.05, 0) is 34.2 Å². The van der Waals surface area contributed by atoms with Gasteiger partial charge in [0, 0.05) is 31.3 Å². The number of amides is 1. The Hall–Kier alpha value is -3.20. The second-order valence-corrected chi connectivity index (χ2v) is 7.20. The summed E-state index contributed by atoms with van der Waals surface area (Å²) < 4.78 is 7.39. The van der Waals surface area contributed by atoms with Crippen molar-refractivity contribution in [2.75, 3.05) is 12.3 Å². The van der Waals surface area contributed by atoms with Crippen LogP contribution in [0.1, 0.15) is 21.8 Å². The third-order valence-corrected chi connectivity index (χ3v) is 5.10. The van der Waals surface area contributed by atoms with E-state index < -0.39 is 0 Å². The molecular weight excluding hydrogens is 376 g/mol. The Bertz CT molecular complexity index is 1090. The van der Waals surface area contributed by atoms with Gasteiger partial charge in [-0.2, -0.15) is 0 Å². The molecule has 0 spiro atoms. The molecule has 0 atom stereocenters. The van der Waals surface area contributed by atoms with Crippen molar-refractivity contribution in [1.82, 2.24) is 30.5 Å². The predicted molar refractivity (Wildman–Crippen MR) is 105 cm³/mol. The summed E-state index contributed by atoms with van der Waals surface area (Å²) in [7, 11) is 1.78. The molecule has 2 aromatic carbocycles. The fraction of sp³-hybridized carbons (Fsp3) is 0.211. The number of fused-ring (bicyclic) bond motifs is 1. The van der Waals surface area contributed by atoms with Crippen LogP contribution in [0, 0.1) is 0 Å². The lowest BCUT2D eigenvalue weighted by molar-refractivity contribution is 0.0956. The van der Waals surface area contributed by atoms with Crippen molar-refractivity contribution < 1.29 is 9.21 Å². The maximum atomic E-state index is 12.4. The van der Waals surface area contributed by atoms with E-state index in [1.165, 1.54) is 11.8 Å². The molecule has 0 aliphatic rings. The van der Waals surface area contributed by atoms with E-state index in [1.807, 2.05) is 30.3 Å². The molecule has 4 aromatic rings. The molecule has 1 N–H and O–H groups in total. The third kappa shape index (κ3) is 4.20. The topological polar surface area (TPSA) is 98.7 Å². The second-order valence-electron chi connectivity index (χ2n) is 6.14. The molecule has 0 radical (unpaired) electrons. The van der Waals surface area contributed by atoms with Crippen LogP contribution in [0.15, 0.2) is 58.1 Å². The highest BCUT2D eigenvalue weighted by molar-refractivity contribution is 7.99. The van der Waals surface area contributed by atoms with Crippen LogP contribution in [0.5, 0.6) is 0 Å². The van der Waals surface area contributed by atoms with Crippen LogP contribution >= 0.6 is 11.8 Å². The molecule has 9 heteroatoms. The summed E-state index contributed by atoms with van der Waals surface area (Å²) in [5, 5.41) is 14.8. The van der Waals surface area contributed by atoms with Gasteiger partial charge in [0.1, 0.15) is 5.52 Å². The fourth-order valence-electron chi connectivity index (χ4n) is 2.71.